The largest absolute Gasteiger partial charge is 0.494 e. The van der Waals surface area contributed by atoms with Gasteiger partial charge >= 0.3 is 5.97 Å². The zero-order valence-corrected chi connectivity index (χ0v) is 29.0. The van der Waals surface area contributed by atoms with Crippen molar-refractivity contribution in [3.8, 4) is 17.2 Å². The van der Waals surface area contributed by atoms with Crippen molar-refractivity contribution in [3.63, 3.8) is 0 Å². The first-order chi connectivity index (χ1) is 23.4. The third-order valence-electron chi connectivity index (χ3n) is 7.69. The van der Waals surface area contributed by atoms with Crippen LogP contribution in [-0.2, 0) is 16.1 Å². The number of halogens is 1. The monoisotopic (exact) mass is 724 g/mol. The summed E-state index contributed by atoms with van der Waals surface area (Å²) in [7, 11) is 1.58. The number of para-hydroxylation sites is 1. The summed E-state index contributed by atoms with van der Waals surface area (Å²) in [6.45, 7) is 4.66. The molecule has 6 rings (SSSR count). The molecule has 0 unspecified atom stereocenters. The second-order valence-corrected chi connectivity index (χ2v) is 12.7. The number of esters is 1. The third kappa shape index (κ3) is 6.86. The molecule has 0 aliphatic carbocycles. The number of nitrogens with zero attached hydrogens (tertiary/aromatic N) is 2. The Morgan fingerprint density at radius 3 is 2.35 bits per heavy atom. The van der Waals surface area contributed by atoms with E-state index in [1.807, 2.05) is 104 Å². The number of benzene rings is 4. The molecule has 0 fully saturated rings. The van der Waals surface area contributed by atoms with Crippen LogP contribution in [0.1, 0.15) is 42.1 Å². The van der Waals surface area contributed by atoms with Gasteiger partial charge < -0.3 is 18.9 Å². The number of carbonyl (C=O) groups is 1. The topological polar surface area (TPSA) is 88.4 Å². The molecule has 0 spiro atoms. The van der Waals surface area contributed by atoms with E-state index >= 15 is 0 Å². The second kappa shape index (κ2) is 14.9. The molecule has 8 nitrogen and oxygen atoms in total. The van der Waals surface area contributed by atoms with Crippen molar-refractivity contribution < 1.29 is 23.7 Å². The quantitative estimate of drug-likeness (QED) is 0.141. The molecule has 1 atom stereocenters. The van der Waals surface area contributed by atoms with Crippen LogP contribution >= 0.6 is 27.3 Å². The summed E-state index contributed by atoms with van der Waals surface area (Å²) in [4.78, 5) is 33.6. The number of hydrogen-bond donors (Lipinski definition) is 0. The molecular weight excluding hydrogens is 692 g/mol. The zero-order chi connectivity index (χ0) is 33.6. The second-order valence-electron chi connectivity index (χ2n) is 10.7. The van der Waals surface area contributed by atoms with E-state index in [2.05, 4.69) is 15.9 Å². The van der Waals surface area contributed by atoms with Gasteiger partial charge in [0.05, 0.1) is 42.2 Å². The Morgan fingerprint density at radius 1 is 0.917 bits per heavy atom. The highest BCUT2D eigenvalue weighted by atomic mass is 79.9. The van der Waals surface area contributed by atoms with Crippen LogP contribution < -0.4 is 29.1 Å². The maximum Gasteiger partial charge on any atom is 0.338 e. The van der Waals surface area contributed by atoms with Crippen LogP contribution in [0.4, 0.5) is 0 Å². The number of fused-ring (bicyclic) bond motifs is 1. The lowest BCUT2D eigenvalue weighted by Gasteiger charge is -2.26. The van der Waals surface area contributed by atoms with Gasteiger partial charge in [-0.2, -0.15) is 0 Å². The predicted octanol–water partition coefficient (Wildman–Crippen LogP) is 6.68. The minimum Gasteiger partial charge on any atom is -0.494 e. The van der Waals surface area contributed by atoms with E-state index in [0.29, 0.717) is 51.1 Å². The average Bonchev–Trinajstić information content (AvgIpc) is 3.42. The molecule has 10 heteroatoms. The van der Waals surface area contributed by atoms with Crippen LogP contribution in [0.5, 0.6) is 17.2 Å². The molecule has 0 radical (unpaired) electrons. The highest BCUT2D eigenvalue weighted by Gasteiger charge is 2.35. The van der Waals surface area contributed by atoms with Crippen molar-refractivity contribution in [1.82, 2.24) is 4.57 Å². The van der Waals surface area contributed by atoms with Gasteiger partial charge in [0.1, 0.15) is 12.4 Å². The van der Waals surface area contributed by atoms with Crippen LogP contribution in [0.25, 0.3) is 11.8 Å². The van der Waals surface area contributed by atoms with Crippen molar-refractivity contribution in [2.45, 2.75) is 26.5 Å². The van der Waals surface area contributed by atoms with Crippen LogP contribution in [0, 0.1) is 0 Å². The van der Waals surface area contributed by atoms with Crippen molar-refractivity contribution in [3.05, 3.63) is 149 Å². The van der Waals surface area contributed by atoms with E-state index in [1.54, 1.807) is 24.7 Å². The number of methoxy groups -OCH3 is 1. The average molecular weight is 726 g/mol. The fraction of sp³-hybridized carbons (Fsp3) is 0.184. The fourth-order valence-corrected chi connectivity index (χ4v) is 6.76. The van der Waals surface area contributed by atoms with Crippen LogP contribution in [0.2, 0.25) is 0 Å². The van der Waals surface area contributed by atoms with E-state index < -0.39 is 12.0 Å². The van der Waals surface area contributed by atoms with E-state index in [9.17, 15) is 9.59 Å². The Morgan fingerprint density at radius 2 is 1.67 bits per heavy atom. The summed E-state index contributed by atoms with van der Waals surface area (Å²) < 4.78 is 26.2. The van der Waals surface area contributed by atoms with E-state index in [-0.39, 0.29) is 17.7 Å². The van der Waals surface area contributed by atoms with E-state index in [4.69, 9.17) is 23.9 Å². The lowest BCUT2D eigenvalue weighted by molar-refractivity contribution is -0.138. The number of rotatable bonds is 11. The van der Waals surface area contributed by atoms with Crippen molar-refractivity contribution in [1.29, 1.82) is 0 Å². The molecule has 4 aromatic carbocycles. The minimum atomic E-state index is -0.799. The van der Waals surface area contributed by atoms with Crippen molar-refractivity contribution in [2.24, 2.45) is 4.99 Å². The van der Waals surface area contributed by atoms with Gasteiger partial charge in [-0.3, -0.25) is 9.36 Å². The minimum absolute atomic E-state index is 0.170. The van der Waals surface area contributed by atoms with Crippen molar-refractivity contribution >= 4 is 45.0 Å². The fourth-order valence-electron chi connectivity index (χ4n) is 5.51. The summed E-state index contributed by atoms with van der Waals surface area (Å²) in [5.74, 6) is 1.20. The predicted molar refractivity (Wildman–Crippen MR) is 190 cm³/mol. The number of ether oxygens (including phenoxy) is 4. The van der Waals surface area contributed by atoms with Gasteiger partial charge in [0.2, 0.25) is 0 Å². The first-order valence-corrected chi connectivity index (χ1v) is 17.1. The van der Waals surface area contributed by atoms with Gasteiger partial charge in [-0.25, -0.2) is 9.79 Å². The summed E-state index contributed by atoms with van der Waals surface area (Å²) in [6, 6.07) is 29.5. The van der Waals surface area contributed by atoms with Crippen LogP contribution in [-0.4, -0.2) is 30.9 Å². The SMILES string of the molecule is CCOC(=O)C1=C(c2ccccc2)N=c2s/c(=C\c3cccc(OC)c3OCc3ccc(Br)cc3)c(=O)n2[C@H]1c1ccc(OCC)cc1. The Hall–Kier alpha value is -4.93. The molecule has 1 aliphatic heterocycles. The van der Waals surface area contributed by atoms with Gasteiger partial charge in [0.15, 0.2) is 16.3 Å². The van der Waals surface area contributed by atoms with Gasteiger partial charge in [-0.05, 0) is 61.4 Å². The van der Waals surface area contributed by atoms with E-state index in [1.165, 1.54) is 11.3 Å². The third-order valence-corrected chi connectivity index (χ3v) is 9.20. The highest BCUT2D eigenvalue weighted by Crippen LogP contribution is 2.36. The first kappa shape index (κ1) is 33.0. The molecular formula is C38H33BrN2O6S. The maximum absolute atomic E-state index is 14.4. The molecule has 1 aliphatic rings. The summed E-state index contributed by atoms with van der Waals surface area (Å²) in [5, 5.41) is 0. The molecule has 0 bridgehead atoms. The Labute approximate surface area is 290 Å². The number of carbonyl (C=O) groups excluding carboxylic acids is 1. The van der Waals surface area contributed by atoms with Crippen LogP contribution in [0.15, 0.2) is 117 Å². The maximum atomic E-state index is 14.4. The van der Waals surface area contributed by atoms with E-state index in [0.717, 1.165) is 21.2 Å². The molecule has 0 amide bonds. The van der Waals surface area contributed by atoms with Gasteiger partial charge in [-0.1, -0.05) is 94.0 Å². The summed E-state index contributed by atoms with van der Waals surface area (Å²) in [5.41, 5.74) is 3.55. The highest BCUT2D eigenvalue weighted by molar-refractivity contribution is 9.10. The summed E-state index contributed by atoms with van der Waals surface area (Å²) >= 11 is 4.72. The Kier molecular flexibility index (Phi) is 10.2. The molecule has 2 heterocycles. The molecule has 0 saturated heterocycles. The van der Waals surface area contributed by atoms with Gasteiger partial charge in [-0.15, -0.1) is 0 Å². The lowest BCUT2D eigenvalue weighted by atomic mass is 9.93. The molecule has 0 saturated carbocycles. The molecule has 1 aromatic heterocycles. The molecule has 244 valence electrons. The Balaban J connectivity index is 1.54. The molecule has 5 aromatic rings. The lowest BCUT2D eigenvalue weighted by Crippen LogP contribution is -2.40. The Bertz CT molecular complexity index is 2140. The smallest absolute Gasteiger partial charge is 0.338 e. The standard InChI is InChI=1S/C38H33BrN2O6S/c1-4-45-29-20-16-26(17-21-29)34-32(37(43)46-5-2)33(25-10-7-6-8-11-25)40-38-41(34)36(42)31(48-38)22-27-12-9-13-30(44-3)35(27)47-23-24-14-18-28(39)19-15-24/h6-22,34H,4-5,23H2,1-3H3/b31-22-/t34-/m0/s1. The van der Waals surface area contributed by atoms with Crippen molar-refractivity contribution in [2.75, 3.05) is 20.3 Å². The van der Waals surface area contributed by atoms with Gasteiger partial charge in [0, 0.05) is 15.6 Å². The number of thiazole rings is 1. The van der Waals surface area contributed by atoms with Crippen LogP contribution in [0.3, 0.4) is 0 Å². The normalized spacial score (nSPS) is 14.2. The van der Waals surface area contributed by atoms with Gasteiger partial charge in [0.25, 0.3) is 5.56 Å². The summed E-state index contributed by atoms with van der Waals surface area (Å²) in [6.07, 6.45) is 1.79. The zero-order valence-electron chi connectivity index (χ0n) is 26.6. The molecule has 0 N–H and O–H groups in total. The first-order valence-electron chi connectivity index (χ1n) is 15.5. The number of hydrogen-bond acceptors (Lipinski definition) is 8. The molecule has 48 heavy (non-hydrogen) atoms. The number of aromatic nitrogens is 1.